The van der Waals surface area contributed by atoms with Gasteiger partial charge in [-0.15, -0.1) is 5.10 Å². The first-order valence-electron chi connectivity index (χ1n) is 5.46. The second-order valence-corrected chi connectivity index (χ2v) is 4.78. The Bertz CT molecular complexity index is 520. The molecule has 5 nitrogen and oxygen atoms in total. The molecular formula is C11H14BrN5. The largest absolute Gasteiger partial charge is 0.321 e. The molecule has 0 saturated carbocycles. The van der Waals surface area contributed by atoms with Crippen molar-refractivity contribution in [2.24, 2.45) is 5.73 Å². The van der Waals surface area contributed by atoms with E-state index in [1.54, 1.807) is 4.68 Å². The molecule has 0 spiro atoms. The minimum Gasteiger partial charge on any atom is -0.321 e. The van der Waals surface area contributed by atoms with Gasteiger partial charge in [-0.05, 0) is 47.5 Å². The van der Waals surface area contributed by atoms with Crippen molar-refractivity contribution in [1.82, 2.24) is 20.2 Å². The highest BCUT2D eigenvalue weighted by Gasteiger charge is 2.14. The predicted molar refractivity (Wildman–Crippen MR) is 68.8 cm³/mol. The zero-order chi connectivity index (χ0) is 12.4. The average molecular weight is 296 g/mol. The van der Waals surface area contributed by atoms with E-state index in [1.807, 2.05) is 19.1 Å². The standard InChI is InChI=1S/C11H14BrN5/c1-3-8-6-9(12)4-5-10(8)17-11(7(2)13)14-15-16-17/h4-7H,3,13H2,1-2H3. The molecule has 0 aliphatic heterocycles. The minimum atomic E-state index is -0.196. The van der Waals surface area contributed by atoms with Crippen molar-refractivity contribution in [2.75, 3.05) is 0 Å². The van der Waals surface area contributed by atoms with Crippen LogP contribution in [0.25, 0.3) is 5.69 Å². The molecule has 0 aliphatic rings. The molecule has 0 saturated heterocycles. The van der Waals surface area contributed by atoms with Crippen LogP contribution >= 0.6 is 15.9 Å². The number of nitrogens with two attached hydrogens (primary N) is 1. The summed E-state index contributed by atoms with van der Waals surface area (Å²) in [5.74, 6) is 0.669. The third kappa shape index (κ3) is 2.37. The first kappa shape index (κ1) is 12.2. The minimum absolute atomic E-state index is 0.196. The quantitative estimate of drug-likeness (QED) is 0.940. The molecule has 1 heterocycles. The zero-order valence-electron chi connectivity index (χ0n) is 9.76. The van der Waals surface area contributed by atoms with Gasteiger partial charge in [0.25, 0.3) is 0 Å². The number of aryl methyl sites for hydroxylation is 1. The Hall–Kier alpha value is -1.27. The lowest BCUT2D eigenvalue weighted by molar-refractivity contribution is 0.684. The fourth-order valence-electron chi connectivity index (χ4n) is 1.69. The summed E-state index contributed by atoms with van der Waals surface area (Å²) >= 11 is 3.46. The summed E-state index contributed by atoms with van der Waals surface area (Å²) in [4.78, 5) is 0. The Kier molecular flexibility index (Phi) is 3.54. The highest BCUT2D eigenvalue weighted by atomic mass is 79.9. The monoisotopic (exact) mass is 295 g/mol. The molecule has 0 bridgehead atoms. The number of hydrogen-bond acceptors (Lipinski definition) is 4. The van der Waals surface area contributed by atoms with E-state index in [9.17, 15) is 0 Å². The smallest absolute Gasteiger partial charge is 0.173 e. The van der Waals surface area contributed by atoms with Crippen molar-refractivity contribution in [2.45, 2.75) is 26.3 Å². The van der Waals surface area contributed by atoms with Crippen molar-refractivity contribution >= 4 is 15.9 Å². The van der Waals surface area contributed by atoms with Gasteiger partial charge in [0.05, 0.1) is 11.7 Å². The normalized spacial score (nSPS) is 12.7. The van der Waals surface area contributed by atoms with Gasteiger partial charge in [-0.25, -0.2) is 0 Å². The van der Waals surface area contributed by atoms with Crippen LogP contribution in [0.3, 0.4) is 0 Å². The molecule has 90 valence electrons. The summed E-state index contributed by atoms with van der Waals surface area (Å²) in [5.41, 5.74) is 8.00. The van der Waals surface area contributed by atoms with Crippen LogP contribution in [-0.2, 0) is 6.42 Å². The lowest BCUT2D eigenvalue weighted by atomic mass is 10.1. The van der Waals surface area contributed by atoms with Crippen molar-refractivity contribution in [1.29, 1.82) is 0 Å². The van der Waals surface area contributed by atoms with Gasteiger partial charge in [0.1, 0.15) is 0 Å². The van der Waals surface area contributed by atoms with Gasteiger partial charge in [0.2, 0.25) is 0 Å². The molecule has 17 heavy (non-hydrogen) atoms. The van der Waals surface area contributed by atoms with Gasteiger partial charge < -0.3 is 5.73 Å². The first-order valence-corrected chi connectivity index (χ1v) is 6.25. The Balaban J connectivity index is 2.56. The molecule has 0 fully saturated rings. The summed E-state index contributed by atoms with van der Waals surface area (Å²) in [6.07, 6.45) is 0.910. The van der Waals surface area contributed by atoms with Crippen molar-refractivity contribution < 1.29 is 0 Å². The highest BCUT2D eigenvalue weighted by molar-refractivity contribution is 9.10. The third-order valence-electron chi connectivity index (χ3n) is 2.55. The third-order valence-corrected chi connectivity index (χ3v) is 3.04. The maximum absolute atomic E-state index is 5.85. The van der Waals surface area contributed by atoms with Crippen LogP contribution in [0.15, 0.2) is 22.7 Å². The Labute approximate surface area is 108 Å². The van der Waals surface area contributed by atoms with Gasteiger partial charge >= 0.3 is 0 Å². The van der Waals surface area contributed by atoms with Crippen molar-refractivity contribution in [3.63, 3.8) is 0 Å². The molecule has 1 aromatic carbocycles. The van der Waals surface area contributed by atoms with Crippen LogP contribution in [0.1, 0.15) is 31.3 Å². The summed E-state index contributed by atoms with van der Waals surface area (Å²) < 4.78 is 2.75. The van der Waals surface area contributed by atoms with Gasteiger partial charge in [-0.1, -0.05) is 22.9 Å². The Morgan fingerprint density at radius 2 is 2.24 bits per heavy atom. The molecule has 0 amide bonds. The SMILES string of the molecule is CCc1cc(Br)ccc1-n1nnnc1C(C)N. The molecule has 6 heteroatoms. The summed E-state index contributed by atoms with van der Waals surface area (Å²) in [6, 6.07) is 5.84. The van der Waals surface area contributed by atoms with E-state index < -0.39 is 0 Å². The van der Waals surface area contributed by atoms with Crippen molar-refractivity contribution in [3.05, 3.63) is 34.1 Å². The van der Waals surface area contributed by atoms with E-state index in [-0.39, 0.29) is 6.04 Å². The topological polar surface area (TPSA) is 69.6 Å². The van der Waals surface area contributed by atoms with Gasteiger partial charge in [-0.2, -0.15) is 4.68 Å². The number of aromatic nitrogens is 4. The van der Waals surface area contributed by atoms with Crippen LogP contribution in [0.4, 0.5) is 0 Å². The second kappa shape index (κ2) is 4.93. The zero-order valence-corrected chi connectivity index (χ0v) is 11.3. The Morgan fingerprint density at radius 3 is 2.88 bits per heavy atom. The van der Waals surface area contributed by atoms with E-state index in [0.29, 0.717) is 5.82 Å². The van der Waals surface area contributed by atoms with Gasteiger partial charge in [-0.3, -0.25) is 0 Å². The van der Waals surface area contributed by atoms with E-state index in [2.05, 4.69) is 44.4 Å². The molecule has 2 aromatic rings. The number of rotatable bonds is 3. The molecule has 0 aliphatic carbocycles. The maximum atomic E-state index is 5.85. The van der Waals surface area contributed by atoms with Crippen LogP contribution in [0.2, 0.25) is 0 Å². The van der Waals surface area contributed by atoms with Crippen LogP contribution in [0.5, 0.6) is 0 Å². The summed E-state index contributed by atoms with van der Waals surface area (Å²) in [6.45, 7) is 3.97. The van der Waals surface area contributed by atoms with Gasteiger partial charge in [0, 0.05) is 4.47 Å². The van der Waals surface area contributed by atoms with E-state index in [4.69, 9.17) is 5.73 Å². The number of benzene rings is 1. The number of halogens is 1. The fraction of sp³-hybridized carbons (Fsp3) is 0.364. The molecular weight excluding hydrogens is 282 g/mol. The lowest BCUT2D eigenvalue weighted by Gasteiger charge is -2.11. The maximum Gasteiger partial charge on any atom is 0.173 e. The van der Waals surface area contributed by atoms with Gasteiger partial charge in [0.15, 0.2) is 5.82 Å². The number of nitrogens with zero attached hydrogens (tertiary/aromatic N) is 4. The summed E-state index contributed by atoms with van der Waals surface area (Å²) in [5, 5.41) is 11.7. The number of hydrogen-bond donors (Lipinski definition) is 1. The fourth-order valence-corrected chi connectivity index (χ4v) is 2.10. The van der Waals surface area contributed by atoms with Crippen LogP contribution in [0, 0.1) is 0 Å². The molecule has 0 radical (unpaired) electrons. The molecule has 2 rings (SSSR count). The van der Waals surface area contributed by atoms with Crippen molar-refractivity contribution in [3.8, 4) is 5.69 Å². The van der Waals surface area contributed by atoms with E-state index in [0.717, 1.165) is 16.6 Å². The predicted octanol–water partition coefficient (Wildman–Crippen LogP) is 2.01. The lowest BCUT2D eigenvalue weighted by Crippen LogP contribution is -2.14. The van der Waals surface area contributed by atoms with E-state index >= 15 is 0 Å². The first-order chi connectivity index (χ1) is 8.13. The molecule has 1 aromatic heterocycles. The Morgan fingerprint density at radius 1 is 1.47 bits per heavy atom. The van der Waals surface area contributed by atoms with Crippen LogP contribution in [-0.4, -0.2) is 20.2 Å². The second-order valence-electron chi connectivity index (χ2n) is 3.86. The summed E-state index contributed by atoms with van der Waals surface area (Å²) in [7, 11) is 0. The highest BCUT2D eigenvalue weighted by Crippen LogP contribution is 2.21. The van der Waals surface area contributed by atoms with E-state index in [1.165, 1.54) is 5.56 Å². The molecule has 1 atom stereocenters. The average Bonchev–Trinajstić information content (AvgIpc) is 2.77. The molecule has 1 unspecified atom stereocenters. The number of tetrazole rings is 1. The van der Waals surface area contributed by atoms with Crippen LogP contribution < -0.4 is 5.73 Å². The molecule has 2 N–H and O–H groups in total.